The Labute approximate surface area is 305 Å². The molecule has 0 N–H and O–H groups in total. The Morgan fingerprint density at radius 1 is 0.471 bits per heavy atom. The summed E-state index contributed by atoms with van der Waals surface area (Å²) < 4.78 is 0. The van der Waals surface area contributed by atoms with Crippen LogP contribution in [-0.2, 0) is 10.8 Å². The molecule has 0 aliphatic carbocycles. The molecule has 0 unspecified atom stereocenters. The Morgan fingerprint density at radius 3 is 1.47 bits per heavy atom. The van der Waals surface area contributed by atoms with Crippen molar-refractivity contribution in [3.63, 3.8) is 0 Å². The number of hydrogen-bond donors (Lipinski definition) is 0. The molecule has 3 aliphatic heterocycles. The molecule has 3 heterocycles. The summed E-state index contributed by atoms with van der Waals surface area (Å²) in [7, 11) is 0. The average Bonchev–Trinajstić information content (AvgIpc) is 3.14. The van der Waals surface area contributed by atoms with E-state index in [2.05, 4.69) is 188 Å². The van der Waals surface area contributed by atoms with Gasteiger partial charge in [0.15, 0.2) is 0 Å². The lowest BCUT2D eigenvalue weighted by Crippen LogP contribution is -2.64. The molecule has 51 heavy (non-hydrogen) atoms. The van der Waals surface area contributed by atoms with Crippen LogP contribution in [0.25, 0.3) is 0 Å². The van der Waals surface area contributed by atoms with Crippen molar-refractivity contribution in [1.82, 2.24) is 0 Å². The number of benzene rings is 6. The van der Waals surface area contributed by atoms with Crippen LogP contribution in [0.2, 0.25) is 0 Å². The van der Waals surface area contributed by atoms with E-state index in [1.807, 2.05) is 0 Å². The van der Waals surface area contributed by atoms with Gasteiger partial charge in [0.2, 0.25) is 6.71 Å². The molecule has 0 aromatic heterocycles. The molecule has 6 aromatic rings. The van der Waals surface area contributed by atoms with E-state index in [1.54, 1.807) is 0 Å². The third-order valence-corrected chi connectivity index (χ3v) is 12.5. The van der Waals surface area contributed by atoms with Gasteiger partial charge in [-0.05, 0) is 80.0 Å². The molecule has 0 amide bonds. The highest BCUT2D eigenvalue weighted by Gasteiger charge is 2.55. The highest BCUT2D eigenvalue weighted by atomic mass is 15.2. The number of rotatable bonds is 4. The Kier molecular flexibility index (Phi) is 7.14. The summed E-state index contributed by atoms with van der Waals surface area (Å²) in [6.07, 6.45) is 0. The lowest BCUT2D eigenvalue weighted by Gasteiger charge is -2.54. The fourth-order valence-corrected chi connectivity index (χ4v) is 10.2. The van der Waals surface area contributed by atoms with Crippen molar-refractivity contribution in [2.45, 2.75) is 84.0 Å². The van der Waals surface area contributed by atoms with E-state index in [4.69, 9.17) is 0 Å². The quantitative estimate of drug-likeness (QED) is 0.170. The first-order valence-electron chi connectivity index (χ1n) is 19.1. The van der Waals surface area contributed by atoms with Gasteiger partial charge in [0, 0.05) is 5.41 Å². The van der Waals surface area contributed by atoms with Gasteiger partial charge in [-0.25, -0.2) is 0 Å². The van der Waals surface area contributed by atoms with Crippen LogP contribution in [0.1, 0.15) is 123 Å². The Balaban J connectivity index is 1.44. The predicted molar refractivity (Wildman–Crippen MR) is 218 cm³/mol. The second-order valence-electron chi connectivity index (χ2n) is 16.6. The molecule has 3 aliphatic rings. The summed E-state index contributed by atoms with van der Waals surface area (Å²) in [4.78, 5) is 2.58. The molecule has 2 heteroatoms. The molecule has 1 nitrogen and oxygen atoms in total. The summed E-state index contributed by atoms with van der Waals surface area (Å²) in [5.74, 6) is 1.28. The van der Waals surface area contributed by atoms with Crippen LogP contribution in [0.5, 0.6) is 0 Å². The fraction of sp³-hybridized carbons (Fsp3) is 0.265. The maximum absolute atomic E-state index is 2.58. The summed E-state index contributed by atoms with van der Waals surface area (Å²) >= 11 is 0. The minimum Gasteiger partial charge on any atom is -0.309 e. The van der Waals surface area contributed by atoms with Gasteiger partial charge >= 0.3 is 0 Å². The highest BCUT2D eigenvalue weighted by Crippen LogP contribution is 2.63. The zero-order chi connectivity index (χ0) is 35.4. The second kappa shape index (κ2) is 11.3. The molecule has 0 radical (unpaired) electrons. The molecule has 1 spiro atoms. The van der Waals surface area contributed by atoms with Gasteiger partial charge < -0.3 is 4.90 Å². The topological polar surface area (TPSA) is 3.24 Å². The number of nitrogens with zero attached hydrogens (tertiary/aromatic N) is 1. The number of hydrogen-bond acceptors (Lipinski definition) is 1. The van der Waals surface area contributed by atoms with Crippen LogP contribution in [0.4, 0.5) is 17.1 Å². The molecule has 0 bridgehead atoms. The Morgan fingerprint density at radius 2 is 0.922 bits per heavy atom. The van der Waals surface area contributed by atoms with E-state index < -0.39 is 5.41 Å². The van der Waals surface area contributed by atoms with E-state index in [-0.39, 0.29) is 12.1 Å². The molecule has 252 valence electrons. The molecule has 0 atom stereocenters. The van der Waals surface area contributed by atoms with E-state index in [9.17, 15) is 0 Å². The SMILES string of the molecule is CC(C)c1cc(C(C)C)c(B2c3ccccc3C3(c4ccccc42)c2ccccc2N2c4ccccc4C(C)(C)c4cccc3c42)c(C(C)C)c1. The zero-order valence-corrected chi connectivity index (χ0v) is 31.4. The van der Waals surface area contributed by atoms with E-state index in [0.717, 1.165) is 0 Å². The van der Waals surface area contributed by atoms with Crippen LogP contribution < -0.4 is 21.3 Å². The van der Waals surface area contributed by atoms with E-state index in [1.165, 1.54) is 83.5 Å². The molecule has 0 fully saturated rings. The lowest BCUT2D eigenvalue weighted by molar-refractivity contribution is 0.620. The fourth-order valence-electron chi connectivity index (χ4n) is 10.2. The maximum atomic E-state index is 2.58. The van der Waals surface area contributed by atoms with Crippen LogP contribution in [0.15, 0.2) is 127 Å². The van der Waals surface area contributed by atoms with Gasteiger partial charge in [-0.3, -0.25) is 0 Å². The number of anilines is 3. The van der Waals surface area contributed by atoms with Gasteiger partial charge in [-0.2, -0.15) is 0 Å². The zero-order valence-electron chi connectivity index (χ0n) is 31.4. The minimum absolute atomic E-state index is 0.126. The molecule has 6 aromatic carbocycles. The third kappa shape index (κ3) is 4.23. The van der Waals surface area contributed by atoms with Crippen LogP contribution in [0, 0.1) is 0 Å². The molecule has 0 saturated heterocycles. The Bertz CT molecular complexity index is 2280. The van der Waals surface area contributed by atoms with Gasteiger partial charge in [0.25, 0.3) is 0 Å². The minimum atomic E-state index is -0.488. The van der Waals surface area contributed by atoms with Crippen molar-refractivity contribution in [3.05, 3.63) is 177 Å². The van der Waals surface area contributed by atoms with Gasteiger partial charge in [0.1, 0.15) is 0 Å². The number of para-hydroxylation sites is 3. The number of fused-ring (bicyclic) bond motifs is 10. The van der Waals surface area contributed by atoms with Crippen molar-refractivity contribution in [2.75, 3.05) is 4.90 Å². The Hall–Kier alpha value is -4.82. The summed E-state index contributed by atoms with van der Waals surface area (Å²) in [5.41, 5.74) is 20.3. The third-order valence-electron chi connectivity index (χ3n) is 12.5. The first-order chi connectivity index (χ1) is 24.6. The average molecular weight is 662 g/mol. The molecule has 0 saturated carbocycles. The van der Waals surface area contributed by atoms with Gasteiger partial charge in [0.05, 0.1) is 22.5 Å². The summed E-state index contributed by atoms with van der Waals surface area (Å²) in [6.45, 7) is 19.2. The maximum Gasteiger partial charge on any atom is 0.242 e. The largest absolute Gasteiger partial charge is 0.309 e. The molecular weight excluding hydrogens is 613 g/mol. The van der Waals surface area contributed by atoms with Crippen molar-refractivity contribution < 1.29 is 0 Å². The first kappa shape index (κ1) is 32.1. The van der Waals surface area contributed by atoms with Crippen molar-refractivity contribution in [3.8, 4) is 0 Å². The van der Waals surface area contributed by atoms with Gasteiger partial charge in [-0.15, -0.1) is 0 Å². The van der Waals surface area contributed by atoms with E-state index in [0.29, 0.717) is 17.8 Å². The molecule has 9 rings (SSSR count). The molecular formula is C49H48BN. The van der Waals surface area contributed by atoms with Crippen LogP contribution in [-0.4, -0.2) is 6.71 Å². The normalized spacial score (nSPS) is 15.8. The predicted octanol–water partition coefficient (Wildman–Crippen LogP) is 10.7. The van der Waals surface area contributed by atoms with Crippen LogP contribution in [0.3, 0.4) is 0 Å². The summed E-state index contributed by atoms with van der Waals surface area (Å²) in [6, 6.07) is 49.5. The lowest BCUT2D eigenvalue weighted by atomic mass is 9.29. The smallest absolute Gasteiger partial charge is 0.242 e. The van der Waals surface area contributed by atoms with Gasteiger partial charge in [-0.1, -0.05) is 187 Å². The highest BCUT2D eigenvalue weighted by molar-refractivity contribution is 6.97. The van der Waals surface area contributed by atoms with Crippen molar-refractivity contribution in [2.24, 2.45) is 0 Å². The standard InChI is InChI=1S/C49H48BN/c1-30(2)33-28-34(31(3)4)46(35(29-33)32(5)6)50-42-24-13-9-18-36(42)49(37-19-10-14-25-43(37)50)39-21-12-16-27-45(39)51-44-26-15-11-20-38(44)48(7,8)40-22-17-23-41(49)47(40)51/h9-32H,1-8H3. The van der Waals surface area contributed by atoms with Crippen LogP contribution >= 0.6 is 0 Å². The summed E-state index contributed by atoms with van der Waals surface area (Å²) in [5, 5.41) is 0. The van der Waals surface area contributed by atoms with Crippen molar-refractivity contribution in [1.29, 1.82) is 0 Å². The first-order valence-corrected chi connectivity index (χ1v) is 19.1. The second-order valence-corrected chi connectivity index (χ2v) is 16.6. The van der Waals surface area contributed by atoms with Crippen molar-refractivity contribution >= 4 is 40.2 Å². The monoisotopic (exact) mass is 661 g/mol. The van der Waals surface area contributed by atoms with E-state index >= 15 is 0 Å².